The fourth-order valence-electron chi connectivity index (χ4n) is 1.57. The molecule has 0 atom stereocenters. The summed E-state index contributed by atoms with van der Waals surface area (Å²) in [5, 5.41) is 9.49. The van der Waals surface area contributed by atoms with Gasteiger partial charge >= 0.3 is 0 Å². The van der Waals surface area contributed by atoms with Crippen molar-refractivity contribution in [1.82, 2.24) is 4.57 Å². The van der Waals surface area contributed by atoms with Gasteiger partial charge in [0.25, 0.3) is 0 Å². The summed E-state index contributed by atoms with van der Waals surface area (Å²) in [6, 6.07) is 4.76. The van der Waals surface area contributed by atoms with E-state index in [1.165, 1.54) is 6.07 Å². The zero-order valence-corrected chi connectivity index (χ0v) is 7.57. The lowest BCUT2D eigenvalue weighted by atomic mass is 9.92. The van der Waals surface area contributed by atoms with Crippen molar-refractivity contribution in [2.45, 2.75) is 6.54 Å². The second-order valence-electron chi connectivity index (χ2n) is 3.13. The van der Waals surface area contributed by atoms with Crippen LogP contribution < -0.4 is 5.46 Å². The number of hydrogen-bond acceptors (Lipinski definition) is 1. The number of benzene rings is 1. The van der Waals surface area contributed by atoms with Crippen molar-refractivity contribution in [3.05, 3.63) is 30.2 Å². The molecule has 0 bridgehead atoms. The van der Waals surface area contributed by atoms with Gasteiger partial charge in [0, 0.05) is 18.3 Å². The van der Waals surface area contributed by atoms with E-state index in [-0.39, 0.29) is 12.1 Å². The Kier molecular flexibility index (Phi) is 2.29. The van der Waals surface area contributed by atoms with E-state index in [9.17, 15) is 4.39 Å². The summed E-state index contributed by atoms with van der Waals surface area (Å²) in [4.78, 5) is 0. The van der Waals surface area contributed by atoms with Gasteiger partial charge in [-0.3, -0.25) is 0 Å². The fourth-order valence-corrected chi connectivity index (χ4v) is 1.57. The lowest BCUT2D eigenvalue weighted by Gasteiger charge is -2.04. The van der Waals surface area contributed by atoms with Gasteiger partial charge in [0.1, 0.15) is 13.7 Å². The number of nitrogens with zero attached hydrogens (tertiary/aromatic N) is 1. The van der Waals surface area contributed by atoms with E-state index in [4.69, 9.17) is 13.0 Å². The van der Waals surface area contributed by atoms with Crippen molar-refractivity contribution in [1.29, 1.82) is 0 Å². The number of aliphatic hydroxyl groups is 1. The number of aromatic nitrogens is 1. The first-order valence-corrected chi connectivity index (χ1v) is 4.37. The minimum Gasteiger partial charge on any atom is -0.395 e. The highest BCUT2D eigenvalue weighted by molar-refractivity contribution is 6.38. The molecule has 14 heavy (non-hydrogen) atoms. The monoisotopic (exact) mass is 189 g/mol. The van der Waals surface area contributed by atoms with Crippen LogP contribution in [-0.4, -0.2) is 24.1 Å². The number of halogens is 1. The van der Waals surface area contributed by atoms with Gasteiger partial charge in [-0.05, 0) is 23.6 Å². The summed E-state index contributed by atoms with van der Waals surface area (Å²) in [7, 11) is 5.58. The highest BCUT2D eigenvalue weighted by Gasteiger charge is 2.05. The second-order valence-corrected chi connectivity index (χ2v) is 3.13. The van der Waals surface area contributed by atoms with E-state index in [1.54, 1.807) is 18.3 Å². The highest BCUT2D eigenvalue weighted by atomic mass is 19.1. The Morgan fingerprint density at radius 3 is 2.86 bits per heavy atom. The number of aliphatic hydroxyl groups excluding tert-OH is 1. The summed E-state index contributed by atoms with van der Waals surface area (Å²) in [5.41, 5.74) is 1.01. The first-order chi connectivity index (χ1) is 6.74. The van der Waals surface area contributed by atoms with E-state index >= 15 is 0 Å². The molecule has 1 aromatic carbocycles. The van der Waals surface area contributed by atoms with Crippen LogP contribution >= 0.6 is 0 Å². The molecule has 1 aromatic heterocycles. The van der Waals surface area contributed by atoms with Gasteiger partial charge in [0.05, 0.1) is 6.61 Å². The first kappa shape index (κ1) is 9.28. The van der Waals surface area contributed by atoms with Gasteiger partial charge in [-0.25, -0.2) is 4.39 Å². The topological polar surface area (TPSA) is 25.2 Å². The number of rotatable bonds is 2. The van der Waals surface area contributed by atoms with Gasteiger partial charge in [-0.2, -0.15) is 0 Å². The number of hydrogen-bond donors (Lipinski definition) is 1. The van der Waals surface area contributed by atoms with Crippen LogP contribution in [-0.2, 0) is 6.54 Å². The molecule has 0 aliphatic rings. The summed E-state index contributed by atoms with van der Waals surface area (Å²) < 4.78 is 14.9. The molecular formula is C10H9BFNO. The molecule has 0 unspecified atom stereocenters. The average Bonchev–Trinajstić information content (AvgIpc) is 2.57. The smallest absolute Gasteiger partial charge is 0.118 e. The minimum atomic E-state index is -0.403. The van der Waals surface area contributed by atoms with Crippen LogP contribution in [0.3, 0.4) is 0 Å². The maximum absolute atomic E-state index is 13.1. The Bertz CT molecular complexity index is 466. The van der Waals surface area contributed by atoms with E-state index < -0.39 is 5.82 Å². The van der Waals surface area contributed by atoms with Gasteiger partial charge in [-0.15, -0.1) is 0 Å². The Morgan fingerprint density at radius 2 is 2.14 bits per heavy atom. The average molecular weight is 189 g/mol. The Hall–Kier alpha value is -1.29. The Morgan fingerprint density at radius 1 is 1.36 bits per heavy atom. The first-order valence-electron chi connectivity index (χ1n) is 4.37. The van der Waals surface area contributed by atoms with Crippen LogP contribution in [0.2, 0.25) is 0 Å². The predicted molar refractivity (Wildman–Crippen MR) is 54.4 cm³/mol. The molecule has 0 fully saturated rings. The van der Waals surface area contributed by atoms with Crippen molar-refractivity contribution in [3.63, 3.8) is 0 Å². The largest absolute Gasteiger partial charge is 0.395 e. The zero-order valence-electron chi connectivity index (χ0n) is 7.57. The molecule has 0 saturated heterocycles. The third-order valence-corrected chi connectivity index (χ3v) is 2.28. The second kappa shape index (κ2) is 3.46. The molecule has 0 aliphatic heterocycles. The summed E-state index contributed by atoms with van der Waals surface area (Å²) in [6.45, 7) is 0.551. The maximum Gasteiger partial charge on any atom is 0.118 e. The van der Waals surface area contributed by atoms with Gasteiger partial charge in [-0.1, -0.05) is 5.46 Å². The lowest BCUT2D eigenvalue weighted by molar-refractivity contribution is 0.278. The molecule has 0 aliphatic carbocycles. The maximum atomic E-state index is 13.1. The predicted octanol–water partition coefficient (Wildman–Crippen LogP) is 0.567. The van der Waals surface area contributed by atoms with Crippen LogP contribution in [0.4, 0.5) is 4.39 Å². The van der Waals surface area contributed by atoms with Crippen LogP contribution in [0.5, 0.6) is 0 Å². The Labute approximate surface area is 82.4 Å². The van der Waals surface area contributed by atoms with E-state index in [2.05, 4.69) is 0 Å². The van der Waals surface area contributed by atoms with Crippen LogP contribution in [0.25, 0.3) is 10.9 Å². The van der Waals surface area contributed by atoms with Crippen molar-refractivity contribution in [2.75, 3.05) is 6.61 Å². The quantitative estimate of drug-likeness (QED) is 0.686. The molecule has 0 spiro atoms. The minimum absolute atomic E-state index is 0.0566. The third-order valence-electron chi connectivity index (χ3n) is 2.28. The van der Waals surface area contributed by atoms with Gasteiger partial charge in [0.15, 0.2) is 0 Å². The molecule has 1 heterocycles. The molecule has 2 aromatic rings. The molecule has 2 nitrogen and oxygen atoms in total. The SMILES string of the molecule is [B]c1c(F)ccc2c1ccn2CCO. The molecular weight excluding hydrogens is 180 g/mol. The van der Waals surface area contributed by atoms with Gasteiger partial charge in [0.2, 0.25) is 0 Å². The molecule has 1 N–H and O–H groups in total. The normalized spacial score (nSPS) is 11.0. The third kappa shape index (κ3) is 1.32. The van der Waals surface area contributed by atoms with Crippen molar-refractivity contribution < 1.29 is 9.50 Å². The molecule has 2 rings (SSSR count). The molecule has 0 amide bonds. The van der Waals surface area contributed by atoms with E-state index in [0.717, 1.165) is 5.52 Å². The summed E-state index contributed by atoms with van der Waals surface area (Å²) in [6.07, 6.45) is 1.79. The highest BCUT2D eigenvalue weighted by Crippen LogP contribution is 2.14. The molecule has 0 saturated carbocycles. The van der Waals surface area contributed by atoms with Crippen LogP contribution in [0.15, 0.2) is 24.4 Å². The van der Waals surface area contributed by atoms with Crippen molar-refractivity contribution >= 4 is 24.2 Å². The van der Waals surface area contributed by atoms with E-state index in [0.29, 0.717) is 11.9 Å². The molecule has 4 heteroatoms. The summed E-state index contributed by atoms with van der Waals surface area (Å²) in [5.74, 6) is -0.403. The van der Waals surface area contributed by atoms with Crippen molar-refractivity contribution in [3.8, 4) is 0 Å². The Balaban J connectivity index is 2.64. The van der Waals surface area contributed by atoms with Gasteiger partial charge < -0.3 is 9.67 Å². The summed E-state index contributed by atoms with van der Waals surface area (Å²) >= 11 is 0. The standard InChI is InChI=1S/C10H9BFNO/c11-10-7-3-4-13(5-6-14)9(7)2-1-8(10)12/h1-4,14H,5-6H2. The van der Waals surface area contributed by atoms with Crippen LogP contribution in [0.1, 0.15) is 0 Å². The van der Waals surface area contributed by atoms with Crippen LogP contribution in [0, 0.1) is 5.82 Å². The zero-order chi connectivity index (χ0) is 10.1. The molecule has 70 valence electrons. The lowest BCUT2D eigenvalue weighted by Crippen LogP contribution is -2.09. The fraction of sp³-hybridized carbons (Fsp3) is 0.200. The van der Waals surface area contributed by atoms with E-state index in [1.807, 2.05) is 4.57 Å². The molecule has 2 radical (unpaired) electrons. The number of fused-ring (bicyclic) bond motifs is 1. The van der Waals surface area contributed by atoms with Crippen molar-refractivity contribution in [2.24, 2.45) is 0 Å².